The van der Waals surface area contributed by atoms with Gasteiger partial charge in [0.05, 0.1) is 12.2 Å². The second-order valence-corrected chi connectivity index (χ2v) is 8.13. The molecular weight excluding hydrogens is 389 g/mol. The zero-order valence-corrected chi connectivity index (χ0v) is 17.7. The summed E-state index contributed by atoms with van der Waals surface area (Å²) in [5.41, 5.74) is 1.94. The SMILES string of the molecule is CC(=O)OC(C)c1nc(C(C)C)c(Sc2cccc(F)c2)n1Cc1ccncc1. The second kappa shape index (κ2) is 9.22. The van der Waals surface area contributed by atoms with Crippen molar-refractivity contribution in [1.82, 2.24) is 14.5 Å². The number of benzene rings is 1. The van der Waals surface area contributed by atoms with Crippen molar-refractivity contribution in [2.24, 2.45) is 0 Å². The number of ether oxygens (including phenoxy) is 1. The van der Waals surface area contributed by atoms with Crippen LogP contribution in [0.5, 0.6) is 0 Å². The van der Waals surface area contributed by atoms with Crippen LogP contribution in [0.3, 0.4) is 0 Å². The van der Waals surface area contributed by atoms with E-state index in [9.17, 15) is 9.18 Å². The standard InChI is InChI=1S/C22H24FN3O2S/c1-14(2)20-22(29-19-7-5-6-18(23)12-19)26(13-17-8-10-24-11-9-17)21(25-20)15(3)28-16(4)27/h5-12,14-15H,13H2,1-4H3. The van der Waals surface area contributed by atoms with E-state index in [2.05, 4.69) is 18.8 Å². The van der Waals surface area contributed by atoms with Crippen molar-refractivity contribution < 1.29 is 13.9 Å². The fourth-order valence-corrected chi connectivity index (χ4v) is 4.23. The molecular formula is C22H24FN3O2S. The van der Waals surface area contributed by atoms with Crippen molar-refractivity contribution in [3.63, 3.8) is 0 Å². The topological polar surface area (TPSA) is 57.0 Å². The third kappa shape index (κ3) is 5.23. The molecule has 3 aromatic rings. The minimum absolute atomic E-state index is 0.146. The Hall–Kier alpha value is -2.67. The number of carbonyl (C=O) groups is 1. The van der Waals surface area contributed by atoms with Crippen LogP contribution in [0.1, 0.15) is 56.8 Å². The number of pyridine rings is 1. The first kappa shape index (κ1) is 21.0. The highest BCUT2D eigenvalue weighted by Gasteiger charge is 2.25. The van der Waals surface area contributed by atoms with Gasteiger partial charge >= 0.3 is 5.97 Å². The van der Waals surface area contributed by atoms with E-state index in [1.807, 2.05) is 29.7 Å². The molecule has 1 aromatic carbocycles. The molecule has 0 N–H and O–H groups in total. The Labute approximate surface area is 174 Å². The Kier molecular flexibility index (Phi) is 6.69. The van der Waals surface area contributed by atoms with Gasteiger partial charge in [-0.3, -0.25) is 9.78 Å². The number of carbonyl (C=O) groups excluding carboxylic acids is 1. The van der Waals surface area contributed by atoms with Crippen molar-refractivity contribution in [2.75, 3.05) is 0 Å². The Balaban J connectivity index is 2.11. The number of hydrogen-bond acceptors (Lipinski definition) is 5. The van der Waals surface area contributed by atoms with E-state index in [0.29, 0.717) is 12.4 Å². The molecule has 2 aromatic heterocycles. The maximum absolute atomic E-state index is 13.8. The van der Waals surface area contributed by atoms with E-state index in [1.165, 1.54) is 30.8 Å². The molecule has 0 amide bonds. The Morgan fingerprint density at radius 1 is 1.21 bits per heavy atom. The molecule has 2 heterocycles. The van der Waals surface area contributed by atoms with Crippen LogP contribution in [-0.4, -0.2) is 20.5 Å². The van der Waals surface area contributed by atoms with E-state index in [0.717, 1.165) is 21.2 Å². The van der Waals surface area contributed by atoms with E-state index in [1.54, 1.807) is 18.5 Å². The molecule has 0 fully saturated rings. The average Bonchev–Trinajstić information content (AvgIpc) is 3.00. The number of hydrogen-bond donors (Lipinski definition) is 0. The average molecular weight is 414 g/mol. The molecule has 0 aliphatic heterocycles. The van der Waals surface area contributed by atoms with Gasteiger partial charge in [0, 0.05) is 24.2 Å². The van der Waals surface area contributed by atoms with E-state index >= 15 is 0 Å². The summed E-state index contributed by atoms with van der Waals surface area (Å²) in [5.74, 6) is 0.170. The van der Waals surface area contributed by atoms with Gasteiger partial charge in [0.25, 0.3) is 0 Å². The number of rotatable bonds is 7. The maximum Gasteiger partial charge on any atom is 0.303 e. The van der Waals surface area contributed by atoms with Gasteiger partial charge < -0.3 is 9.30 Å². The number of nitrogens with zero attached hydrogens (tertiary/aromatic N) is 3. The zero-order valence-electron chi connectivity index (χ0n) is 16.9. The van der Waals surface area contributed by atoms with Gasteiger partial charge in [-0.2, -0.15) is 0 Å². The molecule has 29 heavy (non-hydrogen) atoms. The van der Waals surface area contributed by atoms with Gasteiger partial charge in [-0.1, -0.05) is 31.7 Å². The van der Waals surface area contributed by atoms with Crippen LogP contribution in [0.2, 0.25) is 0 Å². The summed E-state index contributed by atoms with van der Waals surface area (Å²) in [5, 5.41) is 0.913. The van der Waals surface area contributed by atoms with Crippen molar-refractivity contribution in [3.05, 3.63) is 71.7 Å². The summed E-state index contributed by atoms with van der Waals surface area (Å²) in [7, 11) is 0. The first-order valence-corrected chi connectivity index (χ1v) is 10.3. The van der Waals surface area contributed by atoms with Crippen molar-refractivity contribution >= 4 is 17.7 Å². The summed E-state index contributed by atoms with van der Waals surface area (Å²) >= 11 is 1.46. The number of aromatic nitrogens is 3. The molecule has 152 valence electrons. The maximum atomic E-state index is 13.8. The first-order chi connectivity index (χ1) is 13.8. The Morgan fingerprint density at radius 3 is 2.55 bits per heavy atom. The quantitative estimate of drug-likeness (QED) is 0.488. The van der Waals surface area contributed by atoms with Gasteiger partial charge in [-0.25, -0.2) is 9.37 Å². The van der Waals surface area contributed by atoms with Crippen LogP contribution in [0, 0.1) is 5.82 Å². The predicted octanol–water partition coefficient (Wildman–Crippen LogP) is 5.36. The first-order valence-electron chi connectivity index (χ1n) is 9.45. The summed E-state index contributed by atoms with van der Waals surface area (Å²) in [6, 6.07) is 10.4. The molecule has 0 aliphatic rings. The molecule has 0 spiro atoms. The molecule has 3 rings (SSSR count). The molecule has 1 unspecified atom stereocenters. The molecule has 0 saturated heterocycles. The fraction of sp³-hybridized carbons (Fsp3) is 0.318. The lowest BCUT2D eigenvalue weighted by Crippen LogP contribution is -2.13. The van der Waals surface area contributed by atoms with Crippen LogP contribution >= 0.6 is 11.8 Å². The third-order valence-corrected chi connectivity index (χ3v) is 5.44. The Bertz CT molecular complexity index is 989. The van der Waals surface area contributed by atoms with Crippen molar-refractivity contribution in [2.45, 2.75) is 56.2 Å². The molecule has 0 saturated carbocycles. The van der Waals surface area contributed by atoms with E-state index in [4.69, 9.17) is 9.72 Å². The van der Waals surface area contributed by atoms with E-state index in [-0.39, 0.29) is 17.7 Å². The minimum atomic E-state index is -0.506. The highest BCUT2D eigenvalue weighted by molar-refractivity contribution is 7.99. The number of halogens is 1. The summed E-state index contributed by atoms with van der Waals surface area (Å²) in [6.07, 6.45) is 2.97. The monoisotopic (exact) mass is 413 g/mol. The highest BCUT2D eigenvalue weighted by Crippen LogP contribution is 2.37. The fourth-order valence-electron chi connectivity index (χ4n) is 3.04. The van der Waals surface area contributed by atoms with Gasteiger partial charge in [-0.15, -0.1) is 0 Å². The summed E-state index contributed by atoms with van der Waals surface area (Å²) in [6.45, 7) is 7.87. The lowest BCUT2D eigenvalue weighted by atomic mass is 10.1. The van der Waals surface area contributed by atoms with E-state index < -0.39 is 6.10 Å². The molecule has 0 bridgehead atoms. The molecule has 1 atom stereocenters. The largest absolute Gasteiger partial charge is 0.455 e. The number of esters is 1. The predicted molar refractivity (Wildman–Crippen MR) is 110 cm³/mol. The molecule has 5 nitrogen and oxygen atoms in total. The smallest absolute Gasteiger partial charge is 0.303 e. The van der Waals surface area contributed by atoms with Crippen molar-refractivity contribution in [1.29, 1.82) is 0 Å². The van der Waals surface area contributed by atoms with Crippen LogP contribution in [-0.2, 0) is 16.1 Å². The number of imidazole rings is 1. The zero-order chi connectivity index (χ0) is 21.0. The highest BCUT2D eigenvalue weighted by atomic mass is 32.2. The third-order valence-electron chi connectivity index (χ3n) is 4.33. The van der Waals surface area contributed by atoms with Gasteiger partial charge in [0.1, 0.15) is 10.8 Å². The normalized spacial score (nSPS) is 12.2. The van der Waals surface area contributed by atoms with Gasteiger partial charge in [-0.05, 0) is 48.7 Å². The molecule has 7 heteroatoms. The van der Waals surface area contributed by atoms with Crippen molar-refractivity contribution in [3.8, 4) is 0 Å². The second-order valence-electron chi connectivity index (χ2n) is 7.07. The summed E-state index contributed by atoms with van der Waals surface area (Å²) < 4.78 is 21.2. The van der Waals surface area contributed by atoms with Crippen LogP contribution in [0.25, 0.3) is 0 Å². The molecule has 0 radical (unpaired) electrons. The van der Waals surface area contributed by atoms with Crippen LogP contribution in [0.15, 0.2) is 58.7 Å². The molecule has 0 aliphatic carbocycles. The van der Waals surface area contributed by atoms with Crippen LogP contribution < -0.4 is 0 Å². The summed E-state index contributed by atoms with van der Waals surface area (Å²) in [4.78, 5) is 21.2. The lowest BCUT2D eigenvalue weighted by molar-refractivity contribution is -0.146. The lowest BCUT2D eigenvalue weighted by Gasteiger charge is -2.16. The van der Waals surface area contributed by atoms with Gasteiger partial charge in [0.2, 0.25) is 0 Å². The minimum Gasteiger partial charge on any atom is -0.455 e. The van der Waals surface area contributed by atoms with Gasteiger partial charge in [0.15, 0.2) is 11.9 Å². The Morgan fingerprint density at radius 2 is 1.93 bits per heavy atom. The van der Waals surface area contributed by atoms with Crippen LogP contribution in [0.4, 0.5) is 4.39 Å².